The van der Waals surface area contributed by atoms with E-state index in [1.54, 1.807) is 13.0 Å². The maximum Gasteiger partial charge on any atom is 0.121 e. The summed E-state index contributed by atoms with van der Waals surface area (Å²) in [5, 5.41) is 19.0. The Balaban J connectivity index is 3.40. The van der Waals surface area contributed by atoms with Gasteiger partial charge in [-0.05, 0) is 37.5 Å². The highest BCUT2D eigenvalue weighted by molar-refractivity contribution is 5.51. The molecule has 0 bridgehead atoms. The molecule has 0 unspecified atom stereocenters. The molecule has 12 heavy (non-hydrogen) atoms. The van der Waals surface area contributed by atoms with Crippen molar-refractivity contribution in [2.24, 2.45) is 0 Å². The molecule has 1 aromatic carbocycles. The van der Waals surface area contributed by atoms with Gasteiger partial charge in [0.1, 0.15) is 11.5 Å². The second-order valence-corrected chi connectivity index (χ2v) is 3.02. The average Bonchev–Trinajstić information content (AvgIpc) is 2.01. The third-order valence-electron chi connectivity index (χ3n) is 2.20. The van der Waals surface area contributed by atoms with Crippen LogP contribution in [-0.4, -0.2) is 10.2 Å². The van der Waals surface area contributed by atoms with E-state index in [1.807, 2.05) is 13.8 Å². The number of aromatic hydroxyl groups is 2. The normalized spacial score (nSPS) is 10.2. The molecule has 0 atom stereocenters. The molecule has 0 heterocycles. The maximum absolute atomic E-state index is 9.53. The molecule has 0 saturated heterocycles. The molecular weight excluding hydrogens is 152 g/mol. The first kappa shape index (κ1) is 8.91. The van der Waals surface area contributed by atoms with Gasteiger partial charge >= 0.3 is 0 Å². The number of benzene rings is 1. The Hall–Kier alpha value is -1.18. The van der Waals surface area contributed by atoms with E-state index in [4.69, 9.17) is 0 Å². The first-order valence-electron chi connectivity index (χ1n) is 4.09. The van der Waals surface area contributed by atoms with Crippen LogP contribution in [0.2, 0.25) is 0 Å². The molecule has 0 radical (unpaired) electrons. The fourth-order valence-corrected chi connectivity index (χ4v) is 1.44. The zero-order valence-corrected chi connectivity index (χ0v) is 7.68. The lowest BCUT2D eigenvalue weighted by molar-refractivity contribution is 0.447. The summed E-state index contributed by atoms with van der Waals surface area (Å²) in [5.41, 5.74) is 2.34. The summed E-state index contributed by atoms with van der Waals surface area (Å²) < 4.78 is 0. The van der Waals surface area contributed by atoms with Crippen molar-refractivity contribution < 1.29 is 10.2 Å². The predicted molar refractivity (Wildman–Crippen MR) is 48.6 cm³/mol. The molecule has 2 nitrogen and oxygen atoms in total. The summed E-state index contributed by atoms with van der Waals surface area (Å²) in [6.45, 7) is 5.55. The molecule has 2 heteroatoms. The van der Waals surface area contributed by atoms with Crippen LogP contribution >= 0.6 is 0 Å². The number of rotatable bonds is 1. The molecule has 0 aliphatic carbocycles. The topological polar surface area (TPSA) is 40.5 Å². The van der Waals surface area contributed by atoms with Crippen molar-refractivity contribution in [3.8, 4) is 11.5 Å². The highest BCUT2D eigenvalue weighted by Crippen LogP contribution is 2.31. The van der Waals surface area contributed by atoms with E-state index in [1.165, 1.54) is 0 Å². The third-order valence-corrected chi connectivity index (χ3v) is 2.20. The standard InChI is InChI=1S/C10H14O2/c1-4-8-7(3)10(12)6(2)5-9(8)11/h5,11-12H,4H2,1-3H3. The van der Waals surface area contributed by atoms with Gasteiger partial charge in [-0.15, -0.1) is 0 Å². The van der Waals surface area contributed by atoms with Crippen LogP contribution < -0.4 is 0 Å². The van der Waals surface area contributed by atoms with Crippen molar-refractivity contribution in [1.82, 2.24) is 0 Å². The van der Waals surface area contributed by atoms with Gasteiger partial charge in [0, 0.05) is 5.56 Å². The Kier molecular flexibility index (Phi) is 2.27. The lowest BCUT2D eigenvalue weighted by atomic mass is 10.0. The Morgan fingerprint density at radius 2 is 1.83 bits per heavy atom. The first-order valence-corrected chi connectivity index (χ1v) is 4.09. The van der Waals surface area contributed by atoms with E-state index in [-0.39, 0.29) is 5.75 Å². The van der Waals surface area contributed by atoms with Gasteiger partial charge in [0.15, 0.2) is 0 Å². The van der Waals surface area contributed by atoms with Crippen LogP contribution in [0.4, 0.5) is 0 Å². The Morgan fingerprint density at radius 3 is 2.33 bits per heavy atom. The summed E-state index contributed by atoms with van der Waals surface area (Å²) in [4.78, 5) is 0. The minimum Gasteiger partial charge on any atom is -0.508 e. The van der Waals surface area contributed by atoms with Gasteiger partial charge in [-0.25, -0.2) is 0 Å². The van der Waals surface area contributed by atoms with Crippen LogP contribution in [0, 0.1) is 13.8 Å². The van der Waals surface area contributed by atoms with E-state index < -0.39 is 0 Å². The monoisotopic (exact) mass is 166 g/mol. The van der Waals surface area contributed by atoms with Gasteiger partial charge in [-0.1, -0.05) is 6.92 Å². The van der Waals surface area contributed by atoms with Gasteiger partial charge in [-0.3, -0.25) is 0 Å². The van der Waals surface area contributed by atoms with Crippen molar-refractivity contribution in [2.75, 3.05) is 0 Å². The summed E-state index contributed by atoms with van der Waals surface area (Å²) in [6.07, 6.45) is 0.742. The highest BCUT2D eigenvalue weighted by atomic mass is 16.3. The van der Waals surface area contributed by atoms with Gasteiger partial charge in [0.25, 0.3) is 0 Å². The second-order valence-electron chi connectivity index (χ2n) is 3.02. The molecule has 0 aliphatic rings. The summed E-state index contributed by atoms with van der Waals surface area (Å²) in [6, 6.07) is 1.60. The number of hydrogen-bond donors (Lipinski definition) is 2. The molecule has 0 amide bonds. The van der Waals surface area contributed by atoms with Crippen molar-refractivity contribution in [1.29, 1.82) is 0 Å². The fraction of sp³-hybridized carbons (Fsp3) is 0.400. The van der Waals surface area contributed by atoms with Crippen molar-refractivity contribution in [2.45, 2.75) is 27.2 Å². The predicted octanol–water partition coefficient (Wildman–Crippen LogP) is 2.28. The summed E-state index contributed by atoms with van der Waals surface area (Å²) in [5.74, 6) is 0.579. The highest BCUT2D eigenvalue weighted by Gasteiger charge is 2.09. The number of phenolic OH excluding ortho intramolecular Hbond substituents is 2. The molecule has 66 valence electrons. The van der Waals surface area contributed by atoms with Crippen molar-refractivity contribution >= 4 is 0 Å². The minimum atomic E-state index is 0.283. The van der Waals surface area contributed by atoms with E-state index in [9.17, 15) is 10.2 Å². The van der Waals surface area contributed by atoms with E-state index in [2.05, 4.69) is 0 Å². The fourth-order valence-electron chi connectivity index (χ4n) is 1.44. The largest absolute Gasteiger partial charge is 0.508 e. The van der Waals surface area contributed by atoms with Crippen molar-refractivity contribution in [3.05, 3.63) is 22.8 Å². The number of aryl methyl sites for hydroxylation is 1. The van der Waals surface area contributed by atoms with Gasteiger partial charge in [-0.2, -0.15) is 0 Å². The SMILES string of the molecule is CCc1c(O)cc(C)c(O)c1C. The van der Waals surface area contributed by atoms with E-state index in [0.717, 1.165) is 23.1 Å². The van der Waals surface area contributed by atoms with Gasteiger partial charge in [0.05, 0.1) is 0 Å². The molecule has 0 aromatic heterocycles. The molecule has 1 rings (SSSR count). The molecule has 0 fully saturated rings. The Labute approximate surface area is 72.5 Å². The van der Waals surface area contributed by atoms with Crippen molar-refractivity contribution in [3.63, 3.8) is 0 Å². The first-order chi connectivity index (χ1) is 5.57. The summed E-state index contributed by atoms with van der Waals surface area (Å²) >= 11 is 0. The Bertz CT molecular complexity index is 303. The molecule has 2 N–H and O–H groups in total. The second kappa shape index (κ2) is 3.05. The quantitative estimate of drug-likeness (QED) is 0.628. The van der Waals surface area contributed by atoms with Crippen LogP contribution in [-0.2, 0) is 6.42 Å². The molecule has 1 aromatic rings. The number of phenols is 2. The van der Waals surface area contributed by atoms with Crippen LogP contribution in [0.3, 0.4) is 0 Å². The molecule has 0 saturated carbocycles. The molecular formula is C10H14O2. The van der Waals surface area contributed by atoms with Gasteiger partial charge in [0.2, 0.25) is 0 Å². The average molecular weight is 166 g/mol. The number of hydrogen-bond acceptors (Lipinski definition) is 2. The lowest BCUT2D eigenvalue weighted by Crippen LogP contribution is -1.90. The minimum absolute atomic E-state index is 0.283. The lowest BCUT2D eigenvalue weighted by Gasteiger charge is -2.10. The summed E-state index contributed by atoms with van der Waals surface area (Å²) in [7, 11) is 0. The zero-order valence-electron chi connectivity index (χ0n) is 7.68. The zero-order chi connectivity index (χ0) is 9.30. The van der Waals surface area contributed by atoms with Crippen LogP contribution in [0.25, 0.3) is 0 Å². The van der Waals surface area contributed by atoms with E-state index >= 15 is 0 Å². The molecule has 0 aliphatic heterocycles. The van der Waals surface area contributed by atoms with Crippen LogP contribution in [0.5, 0.6) is 11.5 Å². The van der Waals surface area contributed by atoms with Crippen LogP contribution in [0.15, 0.2) is 6.07 Å². The molecule has 0 spiro atoms. The van der Waals surface area contributed by atoms with E-state index in [0.29, 0.717) is 5.75 Å². The van der Waals surface area contributed by atoms with Crippen LogP contribution in [0.1, 0.15) is 23.6 Å². The Morgan fingerprint density at radius 1 is 1.25 bits per heavy atom. The maximum atomic E-state index is 9.53. The third kappa shape index (κ3) is 1.24. The smallest absolute Gasteiger partial charge is 0.121 e. The van der Waals surface area contributed by atoms with Gasteiger partial charge < -0.3 is 10.2 Å².